The van der Waals surface area contributed by atoms with Crippen LogP contribution in [0.2, 0.25) is 0 Å². The maximum absolute atomic E-state index is 13.2. The largest absolute Gasteiger partial charge is 0.454 e. The van der Waals surface area contributed by atoms with Gasteiger partial charge >= 0.3 is 0 Å². The van der Waals surface area contributed by atoms with Crippen LogP contribution in [0.5, 0.6) is 11.5 Å². The molecule has 0 saturated carbocycles. The standard InChI is InChI=1S/C23H32N4O5/c1-6-14(3)20(23(30)24-8-9-26(4)5)25-22(29)16-12-27(7-2)17-11-19-18(31-13-32-19)10-15(17)21(16)28/h10-12,14,20H,6-9,13H2,1-5H3,(H,24,30)(H,25,29)/t14-,20-/m0/s1. The van der Waals surface area contributed by atoms with Crippen molar-refractivity contribution in [3.63, 3.8) is 0 Å². The summed E-state index contributed by atoms with van der Waals surface area (Å²) < 4.78 is 12.7. The number of likely N-dealkylation sites (N-methyl/N-ethyl adjacent to an activating group) is 1. The minimum Gasteiger partial charge on any atom is -0.454 e. The van der Waals surface area contributed by atoms with Crippen LogP contribution in [0.3, 0.4) is 0 Å². The highest BCUT2D eigenvalue weighted by Crippen LogP contribution is 2.35. The molecule has 2 aromatic rings. The quantitative estimate of drug-likeness (QED) is 0.609. The monoisotopic (exact) mass is 444 g/mol. The van der Waals surface area contributed by atoms with Crippen molar-refractivity contribution in [1.29, 1.82) is 0 Å². The molecule has 1 aromatic carbocycles. The predicted molar refractivity (Wildman–Crippen MR) is 122 cm³/mol. The number of amides is 2. The van der Waals surface area contributed by atoms with Gasteiger partial charge in [-0.05, 0) is 33.0 Å². The SMILES string of the molecule is CC[C@H](C)[C@H](NC(=O)c1cn(CC)c2cc3c(cc2c1=O)OCO3)C(=O)NCCN(C)C. The third-order valence-corrected chi connectivity index (χ3v) is 5.80. The molecule has 32 heavy (non-hydrogen) atoms. The van der Waals surface area contributed by atoms with Gasteiger partial charge in [0.1, 0.15) is 11.6 Å². The molecule has 0 fully saturated rings. The number of carbonyl (C=O) groups excluding carboxylic acids is 2. The molecule has 0 spiro atoms. The molecule has 2 atom stereocenters. The molecule has 174 valence electrons. The minimum absolute atomic E-state index is 0.00684. The van der Waals surface area contributed by atoms with E-state index in [0.717, 1.165) is 0 Å². The molecule has 1 aliphatic rings. The van der Waals surface area contributed by atoms with Gasteiger partial charge < -0.3 is 29.6 Å². The first-order valence-corrected chi connectivity index (χ1v) is 11.0. The first kappa shape index (κ1) is 23.6. The molecule has 2 N–H and O–H groups in total. The third kappa shape index (κ3) is 4.88. The molecule has 0 saturated heterocycles. The van der Waals surface area contributed by atoms with E-state index in [4.69, 9.17) is 9.47 Å². The van der Waals surface area contributed by atoms with Gasteiger partial charge in [0.25, 0.3) is 5.91 Å². The number of ether oxygens (including phenoxy) is 2. The molecule has 0 unspecified atom stereocenters. The van der Waals surface area contributed by atoms with E-state index in [-0.39, 0.29) is 24.2 Å². The van der Waals surface area contributed by atoms with E-state index in [0.29, 0.717) is 48.5 Å². The molecule has 1 aromatic heterocycles. The Labute approximate surface area is 187 Å². The zero-order valence-electron chi connectivity index (χ0n) is 19.4. The molecular formula is C23H32N4O5. The number of nitrogens with zero attached hydrogens (tertiary/aromatic N) is 2. The normalized spacial score (nSPS) is 14.4. The zero-order valence-corrected chi connectivity index (χ0v) is 19.4. The smallest absolute Gasteiger partial charge is 0.257 e. The van der Waals surface area contributed by atoms with E-state index < -0.39 is 17.4 Å². The molecule has 9 heteroatoms. The van der Waals surface area contributed by atoms with Crippen LogP contribution in [0.25, 0.3) is 10.9 Å². The Morgan fingerprint density at radius 3 is 2.50 bits per heavy atom. The third-order valence-electron chi connectivity index (χ3n) is 5.80. The van der Waals surface area contributed by atoms with Gasteiger partial charge in [-0.15, -0.1) is 0 Å². The van der Waals surface area contributed by atoms with Crippen LogP contribution in [0.1, 0.15) is 37.6 Å². The van der Waals surface area contributed by atoms with Crippen molar-refractivity contribution in [2.45, 2.75) is 39.8 Å². The fourth-order valence-electron chi connectivity index (χ4n) is 3.64. The molecule has 0 radical (unpaired) electrons. The second kappa shape index (κ2) is 10.0. The summed E-state index contributed by atoms with van der Waals surface area (Å²) in [6.07, 6.45) is 2.24. The van der Waals surface area contributed by atoms with Crippen LogP contribution in [-0.2, 0) is 11.3 Å². The molecule has 2 heterocycles. The molecule has 0 bridgehead atoms. The fourth-order valence-corrected chi connectivity index (χ4v) is 3.64. The van der Waals surface area contributed by atoms with Crippen LogP contribution >= 0.6 is 0 Å². The number of rotatable bonds is 9. The first-order valence-electron chi connectivity index (χ1n) is 11.0. The Kier molecular flexibility index (Phi) is 7.40. The second-order valence-corrected chi connectivity index (χ2v) is 8.31. The first-order chi connectivity index (χ1) is 15.3. The van der Waals surface area contributed by atoms with E-state index in [9.17, 15) is 14.4 Å². The van der Waals surface area contributed by atoms with Gasteiger partial charge in [0.15, 0.2) is 11.5 Å². The lowest BCUT2D eigenvalue weighted by molar-refractivity contribution is -0.124. The lowest BCUT2D eigenvalue weighted by Crippen LogP contribution is -2.51. The molecule has 2 amide bonds. The Balaban J connectivity index is 1.91. The van der Waals surface area contributed by atoms with E-state index in [1.807, 2.05) is 44.3 Å². The van der Waals surface area contributed by atoms with Gasteiger partial charge in [-0.3, -0.25) is 14.4 Å². The Hall–Kier alpha value is -3.07. The van der Waals surface area contributed by atoms with E-state index in [1.165, 1.54) is 0 Å². The summed E-state index contributed by atoms with van der Waals surface area (Å²) in [4.78, 5) is 41.1. The van der Waals surface area contributed by atoms with Crippen LogP contribution in [0.15, 0.2) is 23.1 Å². The van der Waals surface area contributed by atoms with Crippen molar-refractivity contribution in [1.82, 2.24) is 20.1 Å². The van der Waals surface area contributed by atoms with Crippen molar-refractivity contribution in [2.75, 3.05) is 34.0 Å². The van der Waals surface area contributed by atoms with E-state index in [1.54, 1.807) is 18.3 Å². The van der Waals surface area contributed by atoms with Crippen molar-refractivity contribution in [2.24, 2.45) is 5.92 Å². The lowest BCUT2D eigenvalue weighted by Gasteiger charge is -2.24. The summed E-state index contributed by atoms with van der Waals surface area (Å²) in [5.74, 6) is 0.135. The lowest BCUT2D eigenvalue weighted by atomic mass is 9.97. The van der Waals surface area contributed by atoms with Crippen LogP contribution < -0.4 is 25.5 Å². The highest BCUT2D eigenvalue weighted by atomic mass is 16.7. The van der Waals surface area contributed by atoms with Gasteiger partial charge in [-0.25, -0.2) is 0 Å². The highest BCUT2D eigenvalue weighted by molar-refractivity contribution is 6.00. The van der Waals surface area contributed by atoms with Crippen molar-refractivity contribution >= 4 is 22.7 Å². The number of hydrogen-bond acceptors (Lipinski definition) is 6. The number of aromatic nitrogens is 1. The van der Waals surface area contributed by atoms with Crippen molar-refractivity contribution in [3.05, 3.63) is 34.1 Å². The maximum Gasteiger partial charge on any atom is 0.257 e. The van der Waals surface area contributed by atoms with Gasteiger partial charge in [-0.2, -0.15) is 0 Å². The van der Waals surface area contributed by atoms with Crippen molar-refractivity contribution in [3.8, 4) is 11.5 Å². The fraction of sp³-hybridized carbons (Fsp3) is 0.522. The molecule has 0 aliphatic carbocycles. The Morgan fingerprint density at radius 2 is 1.88 bits per heavy atom. The summed E-state index contributed by atoms with van der Waals surface area (Å²) in [7, 11) is 3.84. The number of carbonyl (C=O) groups is 2. The summed E-state index contributed by atoms with van der Waals surface area (Å²) >= 11 is 0. The number of benzene rings is 1. The Bertz CT molecular complexity index is 1060. The summed E-state index contributed by atoms with van der Waals surface area (Å²) in [6, 6.07) is 2.63. The van der Waals surface area contributed by atoms with Crippen LogP contribution in [0.4, 0.5) is 0 Å². The number of aryl methyl sites for hydroxylation is 1. The van der Waals surface area contributed by atoms with E-state index in [2.05, 4.69) is 10.6 Å². The zero-order chi connectivity index (χ0) is 23.4. The van der Waals surface area contributed by atoms with E-state index >= 15 is 0 Å². The molecule has 3 rings (SSSR count). The van der Waals surface area contributed by atoms with Crippen LogP contribution in [0, 0.1) is 5.92 Å². The van der Waals surface area contributed by atoms with Crippen molar-refractivity contribution < 1.29 is 19.1 Å². The number of fused-ring (bicyclic) bond motifs is 2. The minimum atomic E-state index is -0.739. The predicted octanol–water partition coefficient (Wildman–Crippen LogP) is 1.57. The molecule has 1 aliphatic heterocycles. The van der Waals surface area contributed by atoms with Gasteiger partial charge in [0.05, 0.1) is 10.9 Å². The summed E-state index contributed by atoms with van der Waals surface area (Å²) in [5, 5.41) is 6.04. The maximum atomic E-state index is 13.2. The van der Waals surface area contributed by atoms with Gasteiger partial charge in [0.2, 0.25) is 18.1 Å². The summed E-state index contributed by atoms with van der Waals surface area (Å²) in [5.41, 5.74) is 0.252. The van der Waals surface area contributed by atoms with Crippen LogP contribution in [-0.4, -0.2) is 61.3 Å². The van der Waals surface area contributed by atoms with Gasteiger partial charge in [-0.1, -0.05) is 20.3 Å². The highest BCUT2D eigenvalue weighted by Gasteiger charge is 2.28. The average molecular weight is 445 g/mol. The van der Waals surface area contributed by atoms with Gasteiger partial charge in [0, 0.05) is 31.9 Å². The second-order valence-electron chi connectivity index (χ2n) is 8.31. The average Bonchev–Trinajstić information content (AvgIpc) is 3.23. The number of hydrogen-bond donors (Lipinski definition) is 2. The topological polar surface area (TPSA) is 102 Å². The molecule has 9 nitrogen and oxygen atoms in total. The number of nitrogens with one attached hydrogen (secondary N) is 2. The Morgan fingerprint density at radius 1 is 1.19 bits per heavy atom. The molecular weight excluding hydrogens is 412 g/mol. The number of pyridine rings is 1. The summed E-state index contributed by atoms with van der Waals surface area (Å²) in [6.45, 7) is 7.60.